The van der Waals surface area contributed by atoms with Gasteiger partial charge in [-0.05, 0) is 43.0 Å². The van der Waals surface area contributed by atoms with Crippen LogP contribution < -0.4 is 5.73 Å². The number of nitrogen functional groups attached to an aromatic ring is 1. The molecule has 0 aliphatic carbocycles. The number of likely N-dealkylation sites (N-methyl/N-ethyl adjacent to an activating group) is 1. The zero-order chi connectivity index (χ0) is 14.5. The number of anilines is 1. The van der Waals surface area contributed by atoms with E-state index >= 15 is 0 Å². The minimum Gasteiger partial charge on any atom is -0.399 e. The van der Waals surface area contributed by atoms with Crippen molar-refractivity contribution in [2.45, 2.75) is 26.3 Å². The summed E-state index contributed by atoms with van der Waals surface area (Å²) in [6, 6.07) is 11.6. The van der Waals surface area contributed by atoms with Crippen LogP contribution in [0.2, 0.25) is 0 Å². The summed E-state index contributed by atoms with van der Waals surface area (Å²) in [5.74, 6) is -0.0232. The molecule has 106 valence electrons. The Kier molecular flexibility index (Phi) is 4.79. The van der Waals surface area contributed by atoms with Crippen molar-refractivity contribution in [3.8, 4) is 0 Å². The molecule has 1 heterocycles. The van der Waals surface area contributed by atoms with Crippen molar-refractivity contribution < 1.29 is 4.79 Å². The van der Waals surface area contributed by atoms with Crippen LogP contribution >= 0.6 is 11.3 Å². The molecule has 3 nitrogen and oxygen atoms in total. The number of thiophene rings is 1. The van der Waals surface area contributed by atoms with Gasteiger partial charge in [0.15, 0.2) is 0 Å². The van der Waals surface area contributed by atoms with Crippen LogP contribution in [0.1, 0.15) is 30.2 Å². The van der Waals surface area contributed by atoms with Crippen molar-refractivity contribution in [1.29, 1.82) is 0 Å². The van der Waals surface area contributed by atoms with E-state index in [1.807, 2.05) is 54.5 Å². The molecule has 1 aromatic carbocycles. The van der Waals surface area contributed by atoms with E-state index in [9.17, 15) is 4.79 Å². The van der Waals surface area contributed by atoms with E-state index in [0.29, 0.717) is 18.8 Å². The van der Waals surface area contributed by atoms with E-state index in [1.54, 1.807) is 11.3 Å². The highest BCUT2D eigenvalue weighted by Crippen LogP contribution is 2.22. The van der Waals surface area contributed by atoms with Crippen LogP contribution in [-0.4, -0.2) is 17.4 Å². The van der Waals surface area contributed by atoms with E-state index in [1.165, 1.54) is 4.88 Å². The lowest BCUT2D eigenvalue weighted by Crippen LogP contribution is -2.33. The first-order chi connectivity index (χ1) is 9.61. The second kappa shape index (κ2) is 6.57. The van der Waals surface area contributed by atoms with Gasteiger partial charge in [0.05, 0.1) is 12.5 Å². The standard InChI is InChI=1S/C16H20N2OS/c1-3-18(11-15-8-5-9-20-15)16(19)12(2)13-6-4-7-14(17)10-13/h4-10,12H,3,11,17H2,1-2H3. The number of nitrogens with zero attached hydrogens (tertiary/aromatic N) is 1. The maximum absolute atomic E-state index is 12.6. The van der Waals surface area contributed by atoms with E-state index in [4.69, 9.17) is 5.73 Å². The topological polar surface area (TPSA) is 46.3 Å². The summed E-state index contributed by atoms with van der Waals surface area (Å²) < 4.78 is 0. The molecule has 0 aliphatic heterocycles. The SMILES string of the molecule is CCN(Cc1cccs1)C(=O)C(C)c1cccc(N)c1. The van der Waals surface area contributed by atoms with Crippen LogP contribution in [0.15, 0.2) is 41.8 Å². The second-order valence-corrected chi connectivity index (χ2v) is 5.86. The number of amides is 1. The smallest absolute Gasteiger partial charge is 0.230 e. The Morgan fingerprint density at radius 2 is 2.15 bits per heavy atom. The van der Waals surface area contributed by atoms with Gasteiger partial charge in [0.1, 0.15) is 0 Å². The Hall–Kier alpha value is -1.81. The minimum absolute atomic E-state index is 0.145. The van der Waals surface area contributed by atoms with Crippen LogP contribution in [0.25, 0.3) is 0 Å². The maximum atomic E-state index is 12.6. The van der Waals surface area contributed by atoms with Gasteiger partial charge >= 0.3 is 0 Å². The number of hydrogen-bond acceptors (Lipinski definition) is 3. The van der Waals surface area contributed by atoms with Crippen molar-refractivity contribution in [2.24, 2.45) is 0 Å². The number of carbonyl (C=O) groups excluding carboxylic acids is 1. The molecule has 1 amide bonds. The van der Waals surface area contributed by atoms with Crippen molar-refractivity contribution in [3.05, 3.63) is 52.2 Å². The molecule has 0 radical (unpaired) electrons. The predicted octanol–water partition coefficient (Wildman–Crippen LogP) is 3.48. The Balaban J connectivity index is 2.11. The quantitative estimate of drug-likeness (QED) is 0.856. The normalized spacial score (nSPS) is 12.1. The zero-order valence-corrected chi connectivity index (χ0v) is 12.7. The first-order valence-electron chi connectivity index (χ1n) is 6.78. The minimum atomic E-state index is -0.168. The lowest BCUT2D eigenvalue weighted by molar-refractivity contribution is -0.132. The molecular weight excluding hydrogens is 268 g/mol. The molecule has 2 rings (SSSR count). The maximum Gasteiger partial charge on any atom is 0.230 e. The van der Waals surface area contributed by atoms with Gasteiger partial charge in [-0.3, -0.25) is 4.79 Å². The third-order valence-electron chi connectivity index (χ3n) is 3.40. The fourth-order valence-corrected chi connectivity index (χ4v) is 2.90. The summed E-state index contributed by atoms with van der Waals surface area (Å²) in [5.41, 5.74) is 7.46. The van der Waals surface area contributed by atoms with Crippen molar-refractivity contribution in [2.75, 3.05) is 12.3 Å². The summed E-state index contributed by atoms with van der Waals surface area (Å²) in [4.78, 5) is 15.7. The number of rotatable bonds is 5. The summed E-state index contributed by atoms with van der Waals surface area (Å²) in [6.45, 7) is 5.34. The van der Waals surface area contributed by atoms with Crippen molar-refractivity contribution in [3.63, 3.8) is 0 Å². The third kappa shape index (κ3) is 3.39. The first kappa shape index (κ1) is 14.6. The first-order valence-corrected chi connectivity index (χ1v) is 7.66. The summed E-state index contributed by atoms with van der Waals surface area (Å²) >= 11 is 1.68. The van der Waals surface area contributed by atoms with Gasteiger partial charge in [-0.15, -0.1) is 11.3 Å². The fourth-order valence-electron chi connectivity index (χ4n) is 2.18. The Bertz CT molecular complexity index is 566. The second-order valence-electron chi connectivity index (χ2n) is 4.82. The van der Waals surface area contributed by atoms with E-state index in [0.717, 1.165) is 5.56 Å². The lowest BCUT2D eigenvalue weighted by Gasteiger charge is -2.24. The summed E-state index contributed by atoms with van der Waals surface area (Å²) in [6.07, 6.45) is 0. The van der Waals surface area contributed by atoms with Crippen molar-refractivity contribution in [1.82, 2.24) is 4.90 Å². The van der Waals surface area contributed by atoms with Gasteiger partial charge in [0.25, 0.3) is 0 Å². The average Bonchev–Trinajstić information content (AvgIpc) is 2.96. The van der Waals surface area contributed by atoms with Gasteiger partial charge in [0, 0.05) is 17.1 Å². The number of carbonyl (C=O) groups is 1. The summed E-state index contributed by atoms with van der Waals surface area (Å²) in [7, 11) is 0. The van der Waals surface area contributed by atoms with E-state index in [-0.39, 0.29) is 11.8 Å². The molecule has 4 heteroatoms. The number of benzene rings is 1. The molecule has 20 heavy (non-hydrogen) atoms. The van der Waals surface area contributed by atoms with Crippen LogP contribution in [-0.2, 0) is 11.3 Å². The van der Waals surface area contributed by atoms with Crippen LogP contribution in [0.4, 0.5) is 5.69 Å². The molecule has 0 fully saturated rings. The predicted molar refractivity (Wildman–Crippen MR) is 84.7 cm³/mol. The number of hydrogen-bond donors (Lipinski definition) is 1. The molecule has 2 aromatic rings. The molecule has 0 saturated heterocycles. The molecule has 2 N–H and O–H groups in total. The zero-order valence-electron chi connectivity index (χ0n) is 11.9. The van der Waals surface area contributed by atoms with E-state index in [2.05, 4.69) is 6.07 Å². The molecule has 1 atom stereocenters. The Labute approximate surface area is 124 Å². The molecule has 0 bridgehead atoms. The highest BCUT2D eigenvalue weighted by molar-refractivity contribution is 7.09. The van der Waals surface area contributed by atoms with Crippen LogP contribution in [0, 0.1) is 0 Å². The van der Waals surface area contributed by atoms with Gasteiger partial charge in [0.2, 0.25) is 5.91 Å². The largest absolute Gasteiger partial charge is 0.399 e. The molecule has 1 unspecified atom stereocenters. The highest BCUT2D eigenvalue weighted by atomic mass is 32.1. The molecule has 0 aliphatic rings. The molecule has 0 spiro atoms. The Morgan fingerprint density at radius 1 is 1.35 bits per heavy atom. The fraction of sp³-hybridized carbons (Fsp3) is 0.312. The van der Waals surface area contributed by atoms with Crippen molar-refractivity contribution >= 4 is 22.9 Å². The third-order valence-corrected chi connectivity index (χ3v) is 4.26. The van der Waals surface area contributed by atoms with Gasteiger partial charge in [-0.1, -0.05) is 18.2 Å². The monoisotopic (exact) mass is 288 g/mol. The van der Waals surface area contributed by atoms with Gasteiger partial charge in [-0.25, -0.2) is 0 Å². The van der Waals surface area contributed by atoms with Crippen LogP contribution in [0.5, 0.6) is 0 Å². The number of nitrogens with two attached hydrogens (primary N) is 1. The Morgan fingerprint density at radius 3 is 2.75 bits per heavy atom. The van der Waals surface area contributed by atoms with Gasteiger partial charge < -0.3 is 10.6 Å². The van der Waals surface area contributed by atoms with Crippen LogP contribution in [0.3, 0.4) is 0 Å². The summed E-state index contributed by atoms with van der Waals surface area (Å²) in [5, 5.41) is 2.04. The molecule has 1 aromatic heterocycles. The van der Waals surface area contributed by atoms with E-state index < -0.39 is 0 Å². The van der Waals surface area contributed by atoms with Gasteiger partial charge in [-0.2, -0.15) is 0 Å². The lowest BCUT2D eigenvalue weighted by atomic mass is 9.99. The molecule has 0 saturated carbocycles. The highest BCUT2D eigenvalue weighted by Gasteiger charge is 2.21. The molecular formula is C16H20N2OS. The average molecular weight is 288 g/mol.